The Kier molecular flexibility index (Phi) is 6.74. The minimum atomic E-state index is -4.31. The molecule has 0 spiro atoms. The van der Waals surface area contributed by atoms with Gasteiger partial charge in [0.1, 0.15) is 0 Å². The Balaban J connectivity index is 2.80. The maximum atomic E-state index is 13.0. The van der Waals surface area contributed by atoms with Crippen molar-refractivity contribution < 1.29 is 18.0 Å². The second kappa shape index (κ2) is 7.58. The molecule has 112 valence electrons. The second-order valence-corrected chi connectivity index (χ2v) is 5.50. The van der Waals surface area contributed by atoms with Crippen molar-refractivity contribution in [3.8, 4) is 0 Å². The summed E-state index contributed by atoms with van der Waals surface area (Å²) in [6, 6.07) is 0. The van der Waals surface area contributed by atoms with E-state index < -0.39 is 23.9 Å². The molecule has 2 nitrogen and oxygen atoms in total. The molecule has 1 saturated carbocycles. The highest BCUT2D eigenvalue weighted by Gasteiger charge is 2.48. The molecule has 7 heteroatoms. The SMILES string of the molecule is O=C(C1CCCCC1C(F)(F)F)N(CCCl)CCCl. The monoisotopic (exact) mass is 319 g/mol. The summed E-state index contributed by atoms with van der Waals surface area (Å²) in [6.45, 7) is 0.488. The highest BCUT2D eigenvalue weighted by molar-refractivity contribution is 6.18. The minimum absolute atomic E-state index is 0.0372. The van der Waals surface area contributed by atoms with E-state index >= 15 is 0 Å². The molecule has 0 aromatic carbocycles. The first-order chi connectivity index (χ1) is 8.91. The van der Waals surface area contributed by atoms with Gasteiger partial charge in [-0.1, -0.05) is 12.8 Å². The van der Waals surface area contributed by atoms with Crippen molar-refractivity contribution in [3.63, 3.8) is 0 Å². The number of halogens is 5. The molecular weight excluding hydrogens is 302 g/mol. The third-order valence-electron chi connectivity index (χ3n) is 3.52. The van der Waals surface area contributed by atoms with E-state index in [4.69, 9.17) is 23.2 Å². The fourth-order valence-electron chi connectivity index (χ4n) is 2.59. The zero-order valence-corrected chi connectivity index (χ0v) is 12.1. The highest BCUT2D eigenvalue weighted by Crippen LogP contribution is 2.42. The van der Waals surface area contributed by atoms with Crippen LogP contribution in [0.1, 0.15) is 25.7 Å². The summed E-state index contributed by atoms with van der Waals surface area (Å²) in [5.41, 5.74) is 0. The smallest absolute Gasteiger partial charge is 0.340 e. The van der Waals surface area contributed by atoms with Crippen molar-refractivity contribution in [1.82, 2.24) is 4.90 Å². The lowest BCUT2D eigenvalue weighted by Crippen LogP contribution is -2.45. The van der Waals surface area contributed by atoms with Crippen LogP contribution in [-0.4, -0.2) is 41.8 Å². The Bertz CT molecular complexity index is 293. The summed E-state index contributed by atoms with van der Waals surface area (Å²) in [5.74, 6) is -2.55. The van der Waals surface area contributed by atoms with Gasteiger partial charge in [-0.05, 0) is 12.8 Å². The van der Waals surface area contributed by atoms with Crippen molar-refractivity contribution in [2.45, 2.75) is 31.9 Å². The lowest BCUT2D eigenvalue weighted by Gasteiger charge is -2.35. The van der Waals surface area contributed by atoms with Crippen LogP contribution in [0.2, 0.25) is 0 Å². The maximum absolute atomic E-state index is 13.0. The first-order valence-electron chi connectivity index (χ1n) is 6.39. The van der Waals surface area contributed by atoms with Crippen LogP contribution in [0, 0.1) is 11.8 Å². The van der Waals surface area contributed by atoms with Crippen LogP contribution >= 0.6 is 23.2 Å². The number of carbonyl (C=O) groups excluding carboxylic acids is 1. The quantitative estimate of drug-likeness (QED) is 0.708. The number of carbonyl (C=O) groups is 1. The first-order valence-corrected chi connectivity index (χ1v) is 7.46. The molecule has 0 saturated heterocycles. The third-order valence-corrected chi connectivity index (χ3v) is 3.86. The van der Waals surface area contributed by atoms with Crippen molar-refractivity contribution in [2.24, 2.45) is 11.8 Å². The third kappa shape index (κ3) is 4.71. The fourth-order valence-corrected chi connectivity index (χ4v) is 3.00. The Morgan fingerprint density at radius 3 is 2.11 bits per heavy atom. The zero-order valence-electron chi connectivity index (χ0n) is 10.6. The van der Waals surface area contributed by atoms with Crippen LogP contribution in [0.25, 0.3) is 0 Å². The number of rotatable bonds is 5. The van der Waals surface area contributed by atoms with Crippen LogP contribution < -0.4 is 0 Å². The summed E-state index contributed by atoms with van der Waals surface area (Å²) in [4.78, 5) is 13.6. The molecule has 2 unspecified atom stereocenters. The van der Waals surface area contributed by atoms with Crippen molar-refractivity contribution in [2.75, 3.05) is 24.8 Å². The summed E-state index contributed by atoms with van der Waals surface area (Å²) in [6.07, 6.45) is -2.79. The van der Waals surface area contributed by atoms with Crippen molar-refractivity contribution in [1.29, 1.82) is 0 Å². The van der Waals surface area contributed by atoms with E-state index in [1.807, 2.05) is 0 Å². The summed E-state index contributed by atoms with van der Waals surface area (Å²) in [5, 5.41) is 0. The molecule has 0 aromatic rings. The van der Waals surface area contributed by atoms with E-state index in [-0.39, 0.29) is 31.3 Å². The lowest BCUT2D eigenvalue weighted by atomic mass is 9.78. The largest absolute Gasteiger partial charge is 0.392 e. The van der Waals surface area contributed by atoms with Gasteiger partial charge in [0.25, 0.3) is 0 Å². The molecule has 1 amide bonds. The van der Waals surface area contributed by atoms with Crippen molar-refractivity contribution in [3.05, 3.63) is 0 Å². The van der Waals surface area contributed by atoms with Gasteiger partial charge in [-0.2, -0.15) is 13.2 Å². The Labute approximate surface area is 121 Å². The van der Waals surface area contributed by atoms with E-state index in [2.05, 4.69) is 0 Å². The number of amides is 1. The van der Waals surface area contributed by atoms with Crippen molar-refractivity contribution >= 4 is 29.1 Å². The van der Waals surface area contributed by atoms with Gasteiger partial charge in [0, 0.05) is 30.8 Å². The zero-order chi connectivity index (χ0) is 14.5. The van der Waals surface area contributed by atoms with Crippen LogP contribution in [-0.2, 0) is 4.79 Å². The van der Waals surface area contributed by atoms with Gasteiger partial charge in [0.2, 0.25) is 5.91 Å². The maximum Gasteiger partial charge on any atom is 0.392 e. The predicted octanol–water partition coefficient (Wildman–Crippen LogP) is 3.66. The standard InChI is InChI=1S/C12H18Cl2F3NO/c13-5-7-18(8-6-14)11(19)9-3-1-2-4-10(9)12(15,16)17/h9-10H,1-8H2. The Hall–Kier alpha value is -0.160. The van der Waals surface area contributed by atoms with Crippen LogP contribution in [0.15, 0.2) is 0 Å². The second-order valence-electron chi connectivity index (χ2n) is 4.74. The molecular formula is C12H18Cl2F3NO. The molecule has 0 bridgehead atoms. The summed E-state index contributed by atoms with van der Waals surface area (Å²) >= 11 is 11.2. The van der Waals surface area contributed by atoms with Crippen LogP contribution in [0.5, 0.6) is 0 Å². The van der Waals surface area contributed by atoms with E-state index in [1.54, 1.807) is 0 Å². The number of hydrogen-bond acceptors (Lipinski definition) is 1. The van der Waals surface area contributed by atoms with Gasteiger partial charge in [-0.25, -0.2) is 0 Å². The number of alkyl halides is 5. The van der Waals surface area contributed by atoms with Crippen LogP contribution in [0.4, 0.5) is 13.2 Å². The van der Waals surface area contributed by atoms with Crippen LogP contribution in [0.3, 0.4) is 0 Å². The Morgan fingerprint density at radius 2 is 1.63 bits per heavy atom. The van der Waals surface area contributed by atoms with Gasteiger partial charge in [0.15, 0.2) is 0 Å². The first kappa shape index (κ1) is 16.9. The van der Waals surface area contributed by atoms with Gasteiger partial charge in [-0.15, -0.1) is 23.2 Å². The molecule has 1 fully saturated rings. The molecule has 19 heavy (non-hydrogen) atoms. The molecule has 0 heterocycles. The molecule has 1 rings (SSSR count). The minimum Gasteiger partial charge on any atom is -0.340 e. The topological polar surface area (TPSA) is 20.3 Å². The van der Waals surface area contributed by atoms with E-state index in [0.717, 1.165) is 0 Å². The normalized spacial score (nSPS) is 24.3. The molecule has 2 atom stereocenters. The predicted molar refractivity (Wildman–Crippen MR) is 69.5 cm³/mol. The molecule has 0 aromatic heterocycles. The number of hydrogen-bond donors (Lipinski definition) is 0. The Morgan fingerprint density at radius 1 is 1.11 bits per heavy atom. The fraction of sp³-hybridized carbons (Fsp3) is 0.917. The summed E-state index contributed by atoms with van der Waals surface area (Å²) < 4.78 is 38.9. The van der Waals surface area contributed by atoms with E-state index in [0.29, 0.717) is 19.3 Å². The molecule has 0 radical (unpaired) electrons. The van der Waals surface area contributed by atoms with Gasteiger partial charge in [0.05, 0.1) is 5.92 Å². The van der Waals surface area contributed by atoms with E-state index in [9.17, 15) is 18.0 Å². The molecule has 0 aliphatic heterocycles. The lowest BCUT2D eigenvalue weighted by molar-refractivity contribution is -0.200. The molecule has 1 aliphatic carbocycles. The summed E-state index contributed by atoms with van der Waals surface area (Å²) in [7, 11) is 0. The molecule has 0 N–H and O–H groups in total. The average Bonchev–Trinajstić information content (AvgIpc) is 2.37. The molecule has 1 aliphatic rings. The average molecular weight is 320 g/mol. The van der Waals surface area contributed by atoms with Gasteiger partial charge < -0.3 is 4.90 Å². The van der Waals surface area contributed by atoms with Gasteiger partial charge in [-0.3, -0.25) is 4.79 Å². The van der Waals surface area contributed by atoms with E-state index in [1.165, 1.54) is 4.90 Å². The number of nitrogens with zero attached hydrogens (tertiary/aromatic N) is 1. The van der Waals surface area contributed by atoms with Gasteiger partial charge >= 0.3 is 6.18 Å². The highest BCUT2D eigenvalue weighted by atomic mass is 35.5.